The van der Waals surface area contributed by atoms with Crippen molar-refractivity contribution in [1.29, 1.82) is 0 Å². The predicted octanol–water partition coefficient (Wildman–Crippen LogP) is 0.108. The molecular weight excluding hydrogens is 219 g/mol. The van der Waals surface area contributed by atoms with Crippen LogP contribution in [0.4, 0.5) is 13.2 Å². The normalized spacial score (nSPS) is 11.2. The second-order valence-electron chi connectivity index (χ2n) is 2.75. The van der Waals surface area contributed by atoms with E-state index in [0.29, 0.717) is 0 Å². The van der Waals surface area contributed by atoms with Gasteiger partial charge in [-0.3, -0.25) is 9.59 Å². The van der Waals surface area contributed by atoms with Crippen molar-refractivity contribution >= 4 is 11.9 Å². The third kappa shape index (κ3) is 7.74. The first-order valence-corrected chi connectivity index (χ1v) is 3.82. The summed E-state index contributed by atoms with van der Waals surface area (Å²) in [6, 6.07) is 0. The van der Waals surface area contributed by atoms with Gasteiger partial charge in [0.25, 0.3) is 0 Å². The van der Waals surface area contributed by atoms with Crippen molar-refractivity contribution in [2.24, 2.45) is 0 Å². The molecule has 0 saturated carbocycles. The quantitative estimate of drug-likeness (QED) is 0.726. The van der Waals surface area contributed by atoms with Crippen LogP contribution in [0.3, 0.4) is 0 Å². The summed E-state index contributed by atoms with van der Waals surface area (Å²) >= 11 is 0. The van der Waals surface area contributed by atoms with E-state index in [1.807, 2.05) is 0 Å². The van der Waals surface area contributed by atoms with Crippen LogP contribution in [0.2, 0.25) is 0 Å². The fourth-order valence-electron chi connectivity index (χ4n) is 0.655. The Kier molecular flexibility index (Phi) is 5.06. The van der Waals surface area contributed by atoms with Crippen LogP contribution in [0, 0.1) is 0 Å². The third-order valence-corrected chi connectivity index (χ3v) is 1.29. The van der Waals surface area contributed by atoms with Gasteiger partial charge < -0.3 is 14.7 Å². The Balaban J connectivity index is 3.79. The second kappa shape index (κ2) is 5.54. The Morgan fingerprint density at radius 3 is 2.33 bits per heavy atom. The molecule has 0 radical (unpaired) electrons. The third-order valence-electron chi connectivity index (χ3n) is 1.29. The summed E-state index contributed by atoms with van der Waals surface area (Å²) in [5.74, 6) is -2.07. The highest BCUT2D eigenvalue weighted by Gasteiger charge is 2.28. The minimum Gasteiger partial charge on any atom is -0.480 e. The lowest BCUT2D eigenvalue weighted by atomic mass is 10.5. The molecule has 0 aliphatic carbocycles. The largest absolute Gasteiger partial charge is 0.480 e. The fraction of sp³-hybridized carbons (Fsp3) is 0.714. The number of alkyl halides is 3. The van der Waals surface area contributed by atoms with Crippen molar-refractivity contribution in [1.82, 2.24) is 4.90 Å². The molecule has 8 heteroatoms. The summed E-state index contributed by atoms with van der Waals surface area (Å²) in [4.78, 5) is 21.8. The summed E-state index contributed by atoms with van der Waals surface area (Å²) in [6.45, 7) is -2.89. The van der Waals surface area contributed by atoms with Crippen LogP contribution in [0.1, 0.15) is 0 Å². The SMILES string of the molecule is CN(CC(=O)O)C(=O)COCC(F)(F)F. The van der Waals surface area contributed by atoms with Crippen LogP contribution in [-0.2, 0) is 14.3 Å². The molecule has 0 aliphatic rings. The monoisotopic (exact) mass is 229 g/mol. The number of carbonyl (C=O) groups excluding carboxylic acids is 1. The number of carboxylic acid groups (broad SMARTS) is 1. The molecule has 0 bridgehead atoms. The maximum absolute atomic E-state index is 11.6. The highest BCUT2D eigenvalue weighted by Crippen LogP contribution is 2.14. The molecule has 5 nitrogen and oxygen atoms in total. The number of carboxylic acids is 1. The van der Waals surface area contributed by atoms with Gasteiger partial charge in [0.05, 0.1) is 0 Å². The number of hydrogen-bond donors (Lipinski definition) is 1. The van der Waals surface area contributed by atoms with E-state index in [1.165, 1.54) is 0 Å². The standard InChI is InChI=1S/C7H10F3NO4/c1-11(2-6(13)14)5(12)3-15-4-7(8,9)10/h2-4H2,1H3,(H,13,14). The first kappa shape index (κ1) is 13.7. The smallest absolute Gasteiger partial charge is 0.411 e. The van der Waals surface area contributed by atoms with Gasteiger partial charge in [0.2, 0.25) is 5.91 Å². The molecule has 0 spiro atoms. The molecule has 1 amide bonds. The van der Waals surface area contributed by atoms with E-state index in [9.17, 15) is 22.8 Å². The average molecular weight is 229 g/mol. The molecule has 0 rings (SSSR count). The molecule has 15 heavy (non-hydrogen) atoms. The zero-order valence-corrected chi connectivity index (χ0v) is 7.87. The zero-order chi connectivity index (χ0) is 12.1. The first-order valence-electron chi connectivity index (χ1n) is 3.82. The summed E-state index contributed by atoms with van der Waals surface area (Å²) in [7, 11) is 1.16. The van der Waals surface area contributed by atoms with Gasteiger partial charge >= 0.3 is 12.1 Å². The van der Waals surface area contributed by atoms with Crippen molar-refractivity contribution in [3.63, 3.8) is 0 Å². The van der Waals surface area contributed by atoms with E-state index in [0.717, 1.165) is 11.9 Å². The number of amides is 1. The first-order chi connectivity index (χ1) is 6.72. The molecule has 0 aliphatic heterocycles. The van der Waals surface area contributed by atoms with Gasteiger partial charge in [0, 0.05) is 7.05 Å². The summed E-state index contributed by atoms with van der Waals surface area (Å²) < 4.78 is 38.8. The molecular formula is C7H10F3NO4. The maximum Gasteiger partial charge on any atom is 0.411 e. The number of hydrogen-bond acceptors (Lipinski definition) is 3. The lowest BCUT2D eigenvalue weighted by Crippen LogP contribution is -2.35. The number of nitrogens with zero attached hydrogens (tertiary/aromatic N) is 1. The van der Waals surface area contributed by atoms with Crippen LogP contribution in [-0.4, -0.2) is 54.9 Å². The Morgan fingerprint density at radius 2 is 1.93 bits per heavy atom. The minimum absolute atomic E-state index is 0.575. The van der Waals surface area contributed by atoms with Gasteiger partial charge in [-0.1, -0.05) is 0 Å². The molecule has 0 unspecified atom stereocenters. The van der Waals surface area contributed by atoms with Gasteiger partial charge in [0.15, 0.2) is 0 Å². The molecule has 88 valence electrons. The van der Waals surface area contributed by atoms with Crippen molar-refractivity contribution in [3.8, 4) is 0 Å². The Morgan fingerprint density at radius 1 is 1.40 bits per heavy atom. The Hall–Kier alpha value is -1.31. The molecule has 0 atom stereocenters. The number of likely N-dealkylation sites (N-methyl/N-ethyl adjacent to an activating group) is 1. The number of carbonyl (C=O) groups is 2. The molecule has 0 saturated heterocycles. The lowest BCUT2D eigenvalue weighted by molar-refractivity contribution is -0.178. The summed E-state index contributed by atoms with van der Waals surface area (Å²) in [6.07, 6.45) is -4.49. The highest BCUT2D eigenvalue weighted by molar-refractivity contribution is 5.81. The Labute approximate surface area is 83.4 Å². The van der Waals surface area contributed by atoms with E-state index >= 15 is 0 Å². The lowest BCUT2D eigenvalue weighted by Gasteiger charge is -2.14. The van der Waals surface area contributed by atoms with Crippen LogP contribution in [0.15, 0.2) is 0 Å². The van der Waals surface area contributed by atoms with E-state index in [-0.39, 0.29) is 0 Å². The fourth-order valence-corrected chi connectivity index (χ4v) is 0.655. The van der Waals surface area contributed by atoms with Gasteiger partial charge in [-0.05, 0) is 0 Å². The number of rotatable bonds is 5. The number of aliphatic carboxylic acids is 1. The van der Waals surface area contributed by atoms with Crippen molar-refractivity contribution < 1.29 is 32.6 Å². The van der Waals surface area contributed by atoms with E-state index < -0.39 is 37.8 Å². The zero-order valence-electron chi connectivity index (χ0n) is 7.87. The van der Waals surface area contributed by atoms with Crippen LogP contribution in [0.25, 0.3) is 0 Å². The van der Waals surface area contributed by atoms with Crippen molar-refractivity contribution in [2.45, 2.75) is 6.18 Å². The topological polar surface area (TPSA) is 66.8 Å². The average Bonchev–Trinajstić information content (AvgIpc) is 2.00. The molecule has 0 aromatic carbocycles. The predicted molar refractivity (Wildman–Crippen MR) is 42.1 cm³/mol. The van der Waals surface area contributed by atoms with Crippen LogP contribution < -0.4 is 0 Å². The Bertz CT molecular complexity index is 241. The van der Waals surface area contributed by atoms with Crippen LogP contribution >= 0.6 is 0 Å². The highest BCUT2D eigenvalue weighted by atomic mass is 19.4. The molecule has 1 N–H and O–H groups in total. The molecule has 0 aromatic heterocycles. The van der Waals surface area contributed by atoms with Crippen molar-refractivity contribution in [3.05, 3.63) is 0 Å². The van der Waals surface area contributed by atoms with E-state index in [2.05, 4.69) is 4.74 Å². The summed E-state index contributed by atoms with van der Waals surface area (Å²) in [5, 5.41) is 8.27. The number of ether oxygens (including phenoxy) is 1. The second-order valence-corrected chi connectivity index (χ2v) is 2.75. The van der Waals surface area contributed by atoms with Gasteiger partial charge in [-0.25, -0.2) is 0 Å². The molecule has 0 heterocycles. The summed E-state index contributed by atoms with van der Waals surface area (Å²) in [5.41, 5.74) is 0. The van der Waals surface area contributed by atoms with Gasteiger partial charge in [-0.15, -0.1) is 0 Å². The van der Waals surface area contributed by atoms with Crippen molar-refractivity contribution in [2.75, 3.05) is 26.8 Å². The van der Waals surface area contributed by atoms with E-state index in [1.54, 1.807) is 0 Å². The molecule has 0 aromatic rings. The van der Waals surface area contributed by atoms with Gasteiger partial charge in [-0.2, -0.15) is 13.2 Å². The van der Waals surface area contributed by atoms with E-state index in [4.69, 9.17) is 5.11 Å². The number of halogens is 3. The maximum atomic E-state index is 11.6. The van der Waals surface area contributed by atoms with Crippen LogP contribution in [0.5, 0.6) is 0 Å². The molecule has 0 fully saturated rings. The minimum atomic E-state index is -4.49. The van der Waals surface area contributed by atoms with Gasteiger partial charge in [0.1, 0.15) is 19.8 Å².